The van der Waals surface area contributed by atoms with Crippen molar-refractivity contribution in [2.24, 2.45) is 0 Å². The molecule has 0 heterocycles. The van der Waals surface area contributed by atoms with E-state index < -0.39 is 0 Å². The third-order valence-corrected chi connectivity index (χ3v) is 1.69. The summed E-state index contributed by atoms with van der Waals surface area (Å²) in [4.78, 5) is 0. The predicted molar refractivity (Wildman–Crippen MR) is 52.9 cm³/mol. The molecule has 0 aliphatic carbocycles. The highest BCUT2D eigenvalue weighted by Crippen LogP contribution is 2.08. The Hall–Kier alpha value is -1.42. The van der Waals surface area contributed by atoms with Crippen LogP contribution in [0.5, 0.6) is 0 Å². The van der Waals surface area contributed by atoms with E-state index >= 15 is 0 Å². The summed E-state index contributed by atoms with van der Waals surface area (Å²) in [7, 11) is 0. The normalized spacial score (nSPS) is 8.50. The molecule has 0 aromatic heterocycles. The quantitative estimate of drug-likeness (QED) is 0.516. The lowest BCUT2D eigenvalue weighted by Crippen LogP contribution is -1.87. The van der Waals surface area contributed by atoms with Crippen molar-refractivity contribution in [3.05, 3.63) is 29.8 Å². The van der Waals surface area contributed by atoms with Gasteiger partial charge in [-0.1, -0.05) is 25.0 Å². The van der Waals surface area contributed by atoms with Crippen molar-refractivity contribution < 1.29 is 0 Å². The Morgan fingerprint density at radius 1 is 1.25 bits per heavy atom. The lowest BCUT2D eigenvalue weighted by molar-refractivity contribution is 1.14. The smallest absolute Gasteiger partial charge is 0.0459 e. The Labute approximate surface area is 73.8 Å². The van der Waals surface area contributed by atoms with Gasteiger partial charge in [0.25, 0.3) is 0 Å². The second-order valence-corrected chi connectivity index (χ2v) is 2.55. The first-order valence-electron chi connectivity index (χ1n) is 4.13. The molecule has 1 aromatic carbocycles. The van der Waals surface area contributed by atoms with Crippen LogP contribution >= 0.6 is 0 Å². The van der Waals surface area contributed by atoms with E-state index in [1.807, 2.05) is 19.1 Å². The Balaban J connectivity index is 2.69. The Bertz CT molecular complexity index is 287. The number of anilines is 1. The average Bonchev–Trinajstić information content (AvgIpc) is 2.15. The van der Waals surface area contributed by atoms with Crippen LogP contribution in [0.15, 0.2) is 24.3 Å². The maximum atomic E-state index is 2.98. The van der Waals surface area contributed by atoms with Gasteiger partial charge in [0.1, 0.15) is 0 Å². The molecule has 0 fully saturated rings. The van der Waals surface area contributed by atoms with Crippen LogP contribution in [0.2, 0.25) is 0 Å². The predicted octanol–water partition coefficient (Wildman–Crippen LogP) is 2.64. The van der Waals surface area contributed by atoms with Crippen molar-refractivity contribution in [1.82, 2.24) is 0 Å². The molecule has 0 amide bonds. The van der Waals surface area contributed by atoms with Crippen LogP contribution in [0.1, 0.15) is 19.4 Å². The Morgan fingerprint density at radius 3 is 2.42 bits per heavy atom. The number of nitrogens with one attached hydrogen (secondary N) is 1. The highest BCUT2D eigenvalue weighted by molar-refractivity contribution is 5.48. The molecule has 1 aromatic rings. The molecule has 1 N–H and O–H groups in total. The first-order valence-corrected chi connectivity index (χ1v) is 4.13. The molecule has 0 aliphatic heterocycles. The van der Waals surface area contributed by atoms with Crippen molar-refractivity contribution in [2.75, 3.05) is 5.32 Å². The molecular weight excluding hydrogens is 146 g/mol. The molecule has 0 bridgehead atoms. The van der Waals surface area contributed by atoms with Gasteiger partial charge >= 0.3 is 0 Å². The van der Waals surface area contributed by atoms with Crippen molar-refractivity contribution in [3.8, 4) is 12.0 Å². The third-order valence-electron chi connectivity index (χ3n) is 1.69. The maximum absolute atomic E-state index is 2.98. The summed E-state index contributed by atoms with van der Waals surface area (Å²) in [5.74, 6) is 2.78. The van der Waals surface area contributed by atoms with Gasteiger partial charge in [0.2, 0.25) is 0 Å². The summed E-state index contributed by atoms with van der Waals surface area (Å²) >= 11 is 0. The zero-order valence-corrected chi connectivity index (χ0v) is 7.52. The van der Waals surface area contributed by atoms with Gasteiger partial charge in [-0.25, -0.2) is 0 Å². The lowest BCUT2D eigenvalue weighted by atomic mass is 10.1. The highest BCUT2D eigenvalue weighted by atomic mass is 14.8. The maximum Gasteiger partial charge on any atom is 0.0459 e. The van der Waals surface area contributed by atoms with Gasteiger partial charge in [0, 0.05) is 11.7 Å². The molecule has 0 saturated heterocycles. The molecule has 0 spiro atoms. The second-order valence-electron chi connectivity index (χ2n) is 2.55. The van der Waals surface area contributed by atoms with Crippen LogP contribution in [-0.4, -0.2) is 0 Å². The minimum atomic E-state index is 1.06. The van der Waals surface area contributed by atoms with Gasteiger partial charge in [-0.3, -0.25) is 0 Å². The summed E-state index contributed by atoms with van der Waals surface area (Å²) in [5.41, 5.74) is 2.41. The number of hydrogen-bond acceptors (Lipinski definition) is 1. The SMILES string of the molecule is CC#CNc1ccc(CC)cc1. The summed E-state index contributed by atoms with van der Waals surface area (Å²) in [6.45, 7) is 3.96. The van der Waals surface area contributed by atoms with E-state index in [-0.39, 0.29) is 0 Å². The van der Waals surface area contributed by atoms with Crippen LogP contribution in [0, 0.1) is 12.0 Å². The van der Waals surface area contributed by atoms with Crippen LogP contribution in [0.4, 0.5) is 5.69 Å². The average molecular weight is 159 g/mol. The Morgan fingerprint density at radius 2 is 1.92 bits per heavy atom. The zero-order valence-electron chi connectivity index (χ0n) is 7.52. The summed E-state index contributed by atoms with van der Waals surface area (Å²) in [5, 5.41) is 2.98. The summed E-state index contributed by atoms with van der Waals surface area (Å²) in [6.07, 6.45) is 1.08. The number of benzene rings is 1. The van der Waals surface area contributed by atoms with Crippen molar-refractivity contribution in [1.29, 1.82) is 0 Å². The third kappa shape index (κ3) is 2.32. The molecular formula is C11H13N. The molecule has 0 saturated carbocycles. The van der Waals surface area contributed by atoms with Gasteiger partial charge in [-0.05, 0) is 31.0 Å². The number of hydrogen-bond donors (Lipinski definition) is 1. The van der Waals surface area contributed by atoms with Gasteiger partial charge in [-0.15, -0.1) is 0 Å². The fourth-order valence-corrected chi connectivity index (χ4v) is 0.958. The van der Waals surface area contributed by atoms with Crippen LogP contribution in [-0.2, 0) is 6.42 Å². The van der Waals surface area contributed by atoms with E-state index in [0.717, 1.165) is 12.1 Å². The first kappa shape index (κ1) is 8.67. The van der Waals surface area contributed by atoms with E-state index in [9.17, 15) is 0 Å². The minimum absolute atomic E-state index is 1.06. The standard InChI is InChI=1S/C11H13N/c1-3-9-12-11-7-5-10(4-2)6-8-11/h5-8,12H,4H2,1-2H3. The first-order chi connectivity index (χ1) is 5.86. The van der Waals surface area contributed by atoms with Gasteiger partial charge in [0.15, 0.2) is 0 Å². The van der Waals surface area contributed by atoms with E-state index in [4.69, 9.17) is 0 Å². The molecule has 0 atom stereocenters. The summed E-state index contributed by atoms with van der Waals surface area (Å²) < 4.78 is 0. The minimum Gasteiger partial charge on any atom is -0.315 e. The van der Waals surface area contributed by atoms with Gasteiger partial charge in [0.05, 0.1) is 0 Å². The van der Waals surface area contributed by atoms with Gasteiger partial charge < -0.3 is 5.32 Å². The molecule has 62 valence electrons. The molecule has 0 unspecified atom stereocenters. The van der Waals surface area contributed by atoms with Crippen LogP contribution in [0.25, 0.3) is 0 Å². The summed E-state index contributed by atoms with van der Waals surface area (Å²) in [6, 6.07) is 11.1. The zero-order chi connectivity index (χ0) is 8.81. The number of rotatable bonds is 2. The van der Waals surface area contributed by atoms with Crippen LogP contribution in [0.3, 0.4) is 0 Å². The van der Waals surface area contributed by atoms with E-state index in [1.54, 1.807) is 0 Å². The fourth-order valence-electron chi connectivity index (χ4n) is 0.958. The Kier molecular flexibility index (Phi) is 3.22. The highest BCUT2D eigenvalue weighted by Gasteiger charge is 1.88. The van der Waals surface area contributed by atoms with Crippen LogP contribution < -0.4 is 5.32 Å². The molecule has 0 radical (unpaired) electrons. The molecule has 1 rings (SSSR count). The lowest BCUT2D eigenvalue weighted by Gasteiger charge is -1.99. The van der Waals surface area contributed by atoms with Crippen molar-refractivity contribution in [3.63, 3.8) is 0 Å². The second kappa shape index (κ2) is 4.46. The number of aryl methyl sites for hydroxylation is 1. The fraction of sp³-hybridized carbons (Fsp3) is 0.273. The van der Waals surface area contributed by atoms with Crippen molar-refractivity contribution >= 4 is 5.69 Å². The van der Waals surface area contributed by atoms with E-state index in [0.29, 0.717) is 0 Å². The molecule has 0 aliphatic rings. The van der Waals surface area contributed by atoms with E-state index in [1.165, 1.54) is 5.56 Å². The van der Waals surface area contributed by atoms with Crippen molar-refractivity contribution in [2.45, 2.75) is 20.3 Å². The molecule has 1 nitrogen and oxygen atoms in total. The molecule has 12 heavy (non-hydrogen) atoms. The largest absolute Gasteiger partial charge is 0.315 e. The molecule has 1 heteroatoms. The van der Waals surface area contributed by atoms with Gasteiger partial charge in [-0.2, -0.15) is 0 Å². The topological polar surface area (TPSA) is 12.0 Å². The van der Waals surface area contributed by atoms with E-state index in [2.05, 4.69) is 36.3 Å². The monoisotopic (exact) mass is 159 g/mol.